The van der Waals surface area contributed by atoms with E-state index in [4.69, 9.17) is 0 Å². The summed E-state index contributed by atoms with van der Waals surface area (Å²) >= 11 is 0. The van der Waals surface area contributed by atoms with E-state index >= 15 is 0 Å². The Labute approximate surface area is 164 Å². The van der Waals surface area contributed by atoms with E-state index < -0.39 is 0 Å². The highest BCUT2D eigenvalue weighted by molar-refractivity contribution is 5.82. The molecular weight excluding hydrogens is 355 g/mol. The summed E-state index contributed by atoms with van der Waals surface area (Å²) in [5, 5.41) is 0. The second kappa shape index (κ2) is 6.69. The zero-order valence-corrected chi connectivity index (χ0v) is 16.4. The van der Waals surface area contributed by atoms with Crippen molar-refractivity contribution in [3.63, 3.8) is 0 Å². The molecule has 1 amide bonds. The molecule has 1 aromatic carbocycles. The fourth-order valence-corrected chi connectivity index (χ4v) is 4.96. The lowest BCUT2D eigenvalue weighted by Gasteiger charge is -2.50. The van der Waals surface area contributed by atoms with Crippen LogP contribution >= 0.6 is 0 Å². The predicted molar refractivity (Wildman–Crippen MR) is 104 cm³/mol. The number of likely N-dealkylation sites (tertiary alicyclic amines) is 1. The third-order valence-corrected chi connectivity index (χ3v) is 6.74. The topological polar surface area (TPSA) is 52.2 Å². The van der Waals surface area contributed by atoms with E-state index in [9.17, 15) is 9.18 Å². The number of carbonyl (C=O) groups is 1. The molecule has 1 aromatic heterocycles. The van der Waals surface area contributed by atoms with Crippen LogP contribution in [-0.2, 0) is 23.3 Å². The maximum Gasteiger partial charge on any atom is 0.226 e. The Morgan fingerprint density at radius 3 is 2.79 bits per heavy atom. The molecule has 1 saturated carbocycles. The smallest absolute Gasteiger partial charge is 0.226 e. The SMILES string of the molecule is Cc1ccc(CN2CCC3(CC2)c2nc[nH]c2CCN3C(=O)C2CC2)c(F)c1. The molecule has 2 fully saturated rings. The summed E-state index contributed by atoms with van der Waals surface area (Å²) in [5.74, 6) is 0.404. The molecule has 0 unspecified atom stereocenters. The predicted octanol–water partition coefficient (Wildman–Crippen LogP) is 3.14. The van der Waals surface area contributed by atoms with Crippen molar-refractivity contribution in [2.45, 2.75) is 51.1 Å². The molecule has 1 spiro atoms. The molecule has 2 aliphatic heterocycles. The van der Waals surface area contributed by atoms with Crippen LogP contribution in [0.4, 0.5) is 4.39 Å². The average molecular weight is 382 g/mol. The Morgan fingerprint density at radius 2 is 2.07 bits per heavy atom. The molecule has 1 N–H and O–H groups in total. The van der Waals surface area contributed by atoms with Gasteiger partial charge in [-0.1, -0.05) is 12.1 Å². The van der Waals surface area contributed by atoms with Gasteiger partial charge in [-0.15, -0.1) is 0 Å². The van der Waals surface area contributed by atoms with Crippen LogP contribution in [0, 0.1) is 18.7 Å². The van der Waals surface area contributed by atoms with Crippen molar-refractivity contribution >= 4 is 5.91 Å². The number of hydrogen-bond donors (Lipinski definition) is 1. The van der Waals surface area contributed by atoms with Crippen molar-refractivity contribution < 1.29 is 9.18 Å². The van der Waals surface area contributed by atoms with E-state index in [0.29, 0.717) is 12.5 Å². The summed E-state index contributed by atoms with van der Waals surface area (Å²) in [6.45, 7) is 4.99. The first-order valence-corrected chi connectivity index (χ1v) is 10.4. The maximum atomic E-state index is 14.3. The lowest BCUT2D eigenvalue weighted by Crippen LogP contribution is -2.58. The molecule has 0 radical (unpaired) electrons. The fourth-order valence-electron chi connectivity index (χ4n) is 4.96. The first-order valence-electron chi connectivity index (χ1n) is 10.4. The lowest BCUT2D eigenvalue weighted by atomic mass is 9.78. The van der Waals surface area contributed by atoms with Gasteiger partial charge < -0.3 is 9.88 Å². The van der Waals surface area contributed by atoms with E-state index in [1.165, 1.54) is 5.69 Å². The van der Waals surface area contributed by atoms with Crippen LogP contribution < -0.4 is 0 Å². The molecule has 1 saturated heterocycles. The number of aryl methyl sites for hydroxylation is 1. The highest BCUT2D eigenvalue weighted by Gasteiger charge is 2.50. The van der Waals surface area contributed by atoms with E-state index in [2.05, 4.69) is 19.8 Å². The quantitative estimate of drug-likeness (QED) is 0.887. The van der Waals surface area contributed by atoms with Gasteiger partial charge in [-0.2, -0.15) is 0 Å². The summed E-state index contributed by atoms with van der Waals surface area (Å²) < 4.78 is 14.3. The van der Waals surface area contributed by atoms with Gasteiger partial charge in [-0.25, -0.2) is 9.37 Å². The summed E-state index contributed by atoms with van der Waals surface area (Å²) in [5.41, 5.74) is 3.64. The summed E-state index contributed by atoms with van der Waals surface area (Å²) in [6.07, 6.45) is 6.39. The minimum Gasteiger partial charge on any atom is -0.348 e. The largest absolute Gasteiger partial charge is 0.348 e. The third kappa shape index (κ3) is 2.94. The number of hydrogen-bond acceptors (Lipinski definition) is 3. The number of imidazole rings is 1. The normalized spacial score (nSPS) is 21.7. The number of H-pyrrole nitrogens is 1. The number of carbonyl (C=O) groups excluding carboxylic acids is 1. The van der Waals surface area contributed by atoms with Crippen LogP contribution in [0.25, 0.3) is 0 Å². The molecule has 0 bridgehead atoms. The van der Waals surface area contributed by atoms with E-state index in [1.807, 2.05) is 19.1 Å². The summed E-state index contributed by atoms with van der Waals surface area (Å²) in [4.78, 5) is 25.4. The molecule has 3 heterocycles. The Kier molecular flexibility index (Phi) is 4.27. The van der Waals surface area contributed by atoms with E-state index in [1.54, 1.807) is 12.4 Å². The molecule has 5 rings (SSSR count). The van der Waals surface area contributed by atoms with Gasteiger partial charge in [0.25, 0.3) is 0 Å². The number of fused-ring (bicyclic) bond motifs is 2. The molecule has 5 nitrogen and oxygen atoms in total. The number of amides is 1. The highest BCUT2D eigenvalue weighted by Crippen LogP contribution is 2.45. The number of piperidine rings is 1. The Bertz CT molecular complexity index is 896. The molecule has 3 aliphatic rings. The van der Waals surface area contributed by atoms with Crippen molar-refractivity contribution in [2.24, 2.45) is 5.92 Å². The van der Waals surface area contributed by atoms with Gasteiger partial charge in [0.15, 0.2) is 0 Å². The van der Waals surface area contributed by atoms with Gasteiger partial charge in [0.05, 0.1) is 17.6 Å². The van der Waals surface area contributed by atoms with Crippen molar-refractivity contribution in [3.05, 3.63) is 52.9 Å². The number of benzene rings is 1. The van der Waals surface area contributed by atoms with Gasteiger partial charge in [-0.3, -0.25) is 9.69 Å². The summed E-state index contributed by atoms with van der Waals surface area (Å²) in [7, 11) is 0. The van der Waals surface area contributed by atoms with Crippen LogP contribution in [0.15, 0.2) is 24.5 Å². The number of halogens is 1. The highest BCUT2D eigenvalue weighted by atomic mass is 19.1. The first kappa shape index (κ1) is 17.9. The number of nitrogens with zero attached hydrogens (tertiary/aromatic N) is 3. The lowest BCUT2D eigenvalue weighted by molar-refractivity contribution is -0.143. The third-order valence-electron chi connectivity index (χ3n) is 6.74. The first-order chi connectivity index (χ1) is 13.6. The number of nitrogens with one attached hydrogen (secondary N) is 1. The van der Waals surface area contributed by atoms with Crippen LogP contribution in [0.2, 0.25) is 0 Å². The van der Waals surface area contributed by atoms with Gasteiger partial charge in [-0.05, 0) is 44.2 Å². The van der Waals surface area contributed by atoms with Crippen LogP contribution in [-0.4, -0.2) is 45.3 Å². The van der Waals surface area contributed by atoms with Gasteiger partial charge in [0.1, 0.15) is 5.82 Å². The maximum absolute atomic E-state index is 14.3. The Balaban J connectivity index is 1.37. The molecule has 0 atom stereocenters. The van der Waals surface area contributed by atoms with Crippen LogP contribution in [0.1, 0.15) is 48.2 Å². The van der Waals surface area contributed by atoms with Crippen molar-refractivity contribution in [2.75, 3.05) is 19.6 Å². The second-order valence-electron chi connectivity index (χ2n) is 8.65. The van der Waals surface area contributed by atoms with Crippen LogP contribution in [0.5, 0.6) is 0 Å². The zero-order chi connectivity index (χ0) is 19.3. The zero-order valence-electron chi connectivity index (χ0n) is 16.4. The Morgan fingerprint density at radius 1 is 1.29 bits per heavy atom. The molecule has 28 heavy (non-hydrogen) atoms. The van der Waals surface area contributed by atoms with Crippen molar-refractivity contribution in [1.29, 1.82) is 0 Å². The number of aromatic amines is 1. The molecule has 6 heteroatoms. The average Bonchev–Trinajstić information content (AvgIpc) is 3.43. The Hall–Kier alpha value is -2.21. The fraction of sp³-hybridized carbons (Fsp3) is 0.545. The number of rotatable bonds is 3. The minimum absolute atomic E-state index is 0.127. The van der Waals surface area contributed by atoms with E-state index in [-0.39, 0.29) is 17.3 Å². The standard InChI is InChI=1S/C22H27FN4O/c1-15-2-3-17(18(23)12-15)13-26-10-7-22(8-11-26)20-19(24-14-25-20)6-9-27(22)21(28)16-4-5-16/h2-3,12,14,16H,4-11,13H2,1H3,(H,24,25). The van der Waals surface area contributed by atoms with Crippen molar-refractivity contribution in [3.8, 4) is 0 Å². The van der Waals surface area contributed by atoms with Gasteiger partial charge >= 0.3 is 0 Å². The molecule has 148 valence electrons. The minimum atomic E-state index is -0.296. The van der Waals surface area contributed by atoms with Crippen molar-refractivity contribution in [1.82, 2.24) is 19.8 Å². The van der Waals surface area contributed by atoms with Crippen LogP contribution in [0.3, 0.4) is 0 Å². The monoisotopic (exact) mass is 382 g/mol. The molecule has 1 aliphatic carbocycles. The summed E-state index contributed by atoms with van der Waals surface area (Å²) in [6, 6.07) is 5.47. The van der Waals surface area contributed by atoms with Gasteiger partial charge in [0.2, 0.25) is 5.91 Å². The number of aromatic nitrogens is 2. The van der Waals surface area contributed by atoms with Gasteiger partial charge in [0, 0.05) is 49.8 Å². The molecular formula is C22H27FN4O. The molecule has 2 aromatic rings. The second-order valence-corrected chi connectivity index (χ2v) is 8.65. The van der Waals surface area contributed by atoms with E-state index in [0.717, 1.165) is 68.6 Å².